The van der Waals surface area contributed by atoms with E-state index in [-0.39, 0.29) is 6.04 Å². The maximum absolute atomic E-state index is 6.06. The molecule has 2 heterocycles. The molecule has 4 N–H and O–H groups in total. The van der Waals surface area contributed by atoms with Crippen molar-refractivity contribution < 1.29 is 0 Å². The molecule has 4 heteroatoms. The van der Waals surface area contributed by atoms with Gasteiger partial charge in [-0.05, 0) is 25.0 Å². The molecule has 0 radical (unpaired) electrons. The molecule has 17 heavy (non-hydrogen) atoms. The number of nitrogen functional groups attached to an aromatic ring is 1. The third-order valence-corrected chi connectivity index (χ3v) is 3.26. The van der Waals surface area contributed by atoms with Gasteiger partial charge in [0.15, 0.2) is 0 Å². The fraction of sp³-hybridized carbons (Fsp3) is 0.308. The maximum atomic E-state index is 6.06. The zero-order valence-electron chi connectivity index (χ0n) is 9.63. The molecule has 3 rings (SSSR count). The fourth-order valence-corrected chi connectivity index (χ4v) is 2.31. The predicted octanol–water partition coefficient (Wildman–Crippen LogP) is 1.93. The Kier molecular flexibility index (Phi) is 2.37. The van der Waals surface area contributed by atoms with Crippen LogP contribution in [0.4, 0.5) is 5.69 Å². The second-order valence-corrected chi connectivity index (χ2v) is 4.55. The molecule has 0 fully saturated rings. The van der Waals surface area contributed by atoms with E-state index in [4.69, 9.17) is 11.5 Å². The topological polar surface area (TPSA) is 69.9 Å². The molecule has 0 amide bonds. The minimum Gasteiger partial charge on any atom is -0.399 e. The SMILES string of the molecule is Nc1ccc(-c2cn3c(n2)C(N)CCC3)cc1. The summed E-state index contributed by atoms with van der Waals surface area (Å²) < 4.78 is 2.17. The first-order valence-corrected chi connectivity index (χ1v) is 5.92. The highest BCUT2D eigenvalue weighted by Gasteiger charge is 2.19. The third-order valence-electron chi connectivity index (χ3n) is 3.26. The van der Waals surface area contributed by atoms with E-state index in [2.05, 4.69) is 15.7 Å². The number of rotatable bonds is 1. The normalized spacial score (nSPS) is 19.0. The monoisotopic (exact) mass is 228 g/mol. The van der Waals surface area contributed by atoms with Gasteiger partial charge >= 0.3 is 0 Å². The summed E-state index contributed by atoms with van der Waals surface area (Å²) in [4.78, 5) is 4.63. The zero-order chi connectivity index (χ0) is 11.8. The van der Waals surface area contributed by atoms with Crippen LogP contribution in [0.3, 0.4) is 0 Å². The Morgan fingerprint density at radius 2 is 2.00 bits per heavy atom. The molecule has 0 saturated heterocycles. The lowest BCUT2D eigenvalue weighted by atomic mass is 10.1. The summed E-state index contributed by atoms with van der Waals surface area (Å²) in [5, 5.41) is 0. The van der Waals surface area contributed by atoms with Crippen LogP contribution in [0.1, 0.15) is 24.7 Å². The van der Waals surface area contributed by atoms with Crippen molar-refractivity contribution in [2.24, 2.45) is 5.73 Å². The van der Waals surface area contributed by atoms with Crippen molar-refractivity contribution in [1.29, 1.82) is 0 Å². The van der Waals surface area contributed by atoms with Crippen LogP contribution in [0.25, 0.3) is 11.3 Å². The molecule has 0 bridgehead atoms. The molecule has 88 valence electrons. The molecule has 1 aromatic carbocycles. The molecule has 4 nitrogen and oxygen atoms in total. The molecule has 1 unspecified atom stereocenters. The van der Waals surface area contributed by atoms with Crippen molar-refractivity contribution in [3.63, 3.8) is 0 Å². The Balaban J connectivity index is 2.02. The number of aromatic nitrogens is 2. The number of anilines is 1. The summed E-state index contributed by atoms with van der Waals surface area (Å²) in [6.07, 6.45) is 4.24. The minimum absolute atomic E-state index is 0.0753. The van der Waals surface area contributed by atoms with Gasteiger partial charge in [0.05, 0.1) is 11.7 Å². The summed E-state index contributed by atoms with van der Waals surface area (Å²) in [7, 11) is 0. The number of benzene rings is 1. The zero-order valence-corrected chi connectivity index (χ0v) is 9.63. The van der Waals surface area contributed by atoms with Crippen LogP contribution in [0.2, 0.25) is 0 Å². The van der Waals surface area contributed by atoms with Gasteiger partial charge in [0.2, 0.25) is 0 Å². The van der Waals surface area contributed by atoms with Gasteiger partial charge in [0.25, 0.3) is 0 Å². The number of hydrogen-bond donors (Lipinski definition) is 2. The van der Waals surface area contributed by atoms with Crippen LogP contribution < -0.4 is 11.5 Å². The molecule has 1 aliphatic rings. The highest BCUT2D eigenvalue weighted by Crippen LogP contribution is 2.27. The van der Waals surface area contributed by atoms with E-state index in [0.29, 0.717) is 0 Å². The average Bonchev–Trinajstić information content (AvgIpc) is 2.75. The van der Waals surface area contributed by atoms with Gasteiger partial charge in [-0.1, -0.05) is 12.1 Å². The van der Waals surface area contributed by atoms with Crippen molar-refractivity contribution in [3.8, 4) is 11.3 Å². The van der Waals surface area contributed by atoms with Gasteiger partial charge in [0.1, 0.15) is 5.82 Å². The summed E-state index contributed by atoms with van der Waals surface area (Å²) in [5.74, 6) is 1.00. The number of fused-ring (bicyclic) bond motifs is 1. The highest BCUT2D eigenvalue weighted by molar-refractivity contribution is 5.61. The molecular formula is C13H16N4. The first-order chi connectivity index (χ1) is 8.24. The van der Waals surface area contributed by atoms with Crippen LogP contribution in [0, 0.1) is 0 Å². The Morgan fingerprint density at radius 1 is 1.24 bits per heavy atom. The van der Waals surface area contributed by atoms with E-state index in [9.17, 15) is 0 Å². The van der Waals surface area contributed by atoms with Crippen molar-refractivity contribution >= 4 is 5.69 Å². The van der Waals surface area contributed by atoms with Gasteiger partial charge in [-0.3, -0.25) is 0 Å². The first-order valence-electron chi connectivity index (χ1n) is 5.92. The van der Waals surface area contributed by atoms with E-state index < -0.39 is 0 Å². The van der Waals surface area contributed by atoms with Crippen LogP contribution >= 0.6 is 0 Å². The molecule has 1 aliphatic heterocycles. The maximum Gasteiger partial charge on any atom is 0.126 e. The van der Waals surface area contributed by atoms with Gasteiger partial charge in [-0.25, -0.2) is 4.98 Å². The summed E-state index contributed by atoms with van der Waals surface area (Å²) in [6, 6.07) is 7.86. The second-order valence-electron chi connectivity index (χ2n) is 4.55. The van der Waals surface area contributed by atoms with Crippen LogP contribution in [-0.2, 0) is 6.54 Å². The van der Waals surface area contributed by atoms with E-state index in [1.54, 1.807) is 0 Å². The van der Waals surface area contributed by atoms with Gasteiger partial charge in [-0.15, -0.1) is 0 Å². The smallest absolute Gasteiger partial charge is 0.126 e. The Morgan fingerprint density at radius 3 is 2.71 bits per heavy atom. The van der Waals surface area contributed by atoms with Gasteiger partial charge < -0.3 is 16.0 Å². The van der Waals surface area contributed by atoms with E-state index in [0.717, 1.165) is 42.2 Å². The standard InChI is InChI=1S/C13H16N4/c14-10-5-3-9(4-6-10)12-8-17-7-1-2-11(15)13(17)16-12/h3-6,8,11H,1-2,7,14-15H2. The molecule has 0 saturated carbocycles. The first kappa shape index (κ1) is 10.4. The Hall–Kier alpha value is -1.81. The van der Waals surface area contributed by atoms with E-state index in [1.807, 2.05) is 24.3 Å². The lowest BCUT2D eigenvalue weighted by Crippen LogP contribution is -2.21. The molecule has 2 aromatic rings. The molecule has 1 atom stereocenters. The van der Waals surface area contributed by atoms with Gasteiger partial charge in [-0.2, -0.15) is 0 Å². The van der Waals surface area contributed by atoms with Crippen molar-refractivity contribution in [3.05, 3.63) is 36.3 Å². The van der Waals surface area contributed by atoms with E-state index >= 15 is 0 Å². The highest BCUT2D eigenvalue weighted by atomic mass is 15.1. The molecule has 1 aromatic heterocycles. The Labute approximate surface area is 100 Å². The van der Waals surface area contributed by atoms with Crippen molar-refractivity contribution in [2.45, 2.75) is 25.4 Å². The molecular weight excluding hydrogens is 212 g/mol. The minimum atomic E-state index is 0.0753. The second kappa shape index (κ2) is 3.89. The molecule has 0 spiro atoms. The largest absolute Gasteiger partial charge is 0.399 e. The third kappa shape index (κ3) is 1.80. The van der Waals surface area contributed by atoms with Crippen LogP contribution in [0.5, 0.6) is 0 Å². The number of aryl methyl sites for hydroxylation is 1. The number of hydrogen-bond acceptors (Lipinski definition) is 3. The summed E-state index contributed by atoms with van der Waals surface area (Å²) in [5.41, 5.74) is 14.6. The average molecular weight is 228 g/mol. The quantitative estimate of drug-likeness (QED) is 0.733. The van der Waals surface area contributed by atoms with Crippen LogP contribution in [-0.4, -0.2) is 9.55 Å². The number of nitrogens with two attached hydrogens (primary N) is 2. The summed E-state index contributed by atoms with van der Waals surface area (Å²) in [6.45, 7) is 1.02. The van der Waals surface area contributed by atoms with Crippen LogP contribution in [0.15, 0.2) is 30.5 Å². The van der Waals surface area contributed by atoms with Crippen molar-refractivity contribution in [2.75, 3.05) is 5.73 Å². The van der Waals surface area contributed by atoms with Crippen molar-refractivity contribution in [1.82, 2.24) is 9.55 Å². The lowest BCUT2D eigenvalue weighted by Gasteiger charge is -2.19. The fourth-order valence-electron chi connectivity index (χ4n) is 2.31. The number of nitrogens with zero attached hydrogens (tertiary/aromatic N) is 2. The molecule has 0 aliphatic carbocycles. The lowest BCUT2D eigenvalue weighted by molar-refractivity contribution is 0.451. The predicted molar refractivity (Wildman–Crippen MR) is 68.2 cm³/mol. The number of imidazole rings is 1. The summed E-state index contributed by atoms with van der Waals surface area (Å²) >= 11 is 0. The van der Waals surface area contributed by atoms with E-state index in [1.165, 1.54) is 0 Å². The van der Waals surface area contributed by atoms with Gasteiger partial charge in [0, 0.05) is 24.0 Å². The Bertz CT molecular complexity index is 527.